The highest BCUT2D eigenvalue weighted by Crippen LogP contribution is 2.22. The maximum atomic E-state index is 11.1. The van der Waals surface area contributed by atoms with E-state index >= 15 is 0 Å². The number of carbonyl (C=O) groups excluding carboxylic acids is 1. The van der Waals surface area contributed by atoms with Crippen LogP contribution in [0.25, 0.3) is 0 Å². The zero-order chi connectivity index (χ0) is 11.3. The van der Waals surface area contributed by atoms with Gasteiger partial charge in [-0.3, -0.25) is 10.7 Å². The lowest BCUT2D eigenvalue weighted by atomic mass is 10.3. The SMILES string of the molecule is COC(=O)c1ccc(Br)c(/N=C/NO)n1. The number of ether oxygens (including phenoxy) is 1. The van der Waals surface area contributed by atoms with Crippen LogP contribution in [0.1, 0.15) is 10.5 Å². The van der Waals surface area contributed by atoms with Gasteiger partial charge in [-0.05, 0) is 28.1 Å². The molecule has 0 saturated carbocycles. The first-order valence-corrected chi connectivity index (χ1v) is 4.65. The zero-order valence-electron chi connectivity index (χ0n) is 7.77. The molecule has 0 aromatic carbocycles. The van der Waals surface area contributed by atoms with Crippen molar-refractivity contribution in [2.75, 3.05) is 7.11 Å². The first-order chi connectivity index (χ1) is 7.19. The monoisotopic (exact) mass is 273 g/mol. The molecule has 0 radical (unpaired) electrons. The molecule has 0 unspecified atom stereocenters. The Morgan fingerprint density at radius 3 is 3.07 bits per heavy atom. The number of hydroxylamine groups is 1. The van der Waals surface area contributed by atoms with Gasteiger partial charge in [0.15, 0.2) is 11.5 Å². The van der Waals surface area contributed by atoms with Crippen molar-refractivity contribution in [2.45, 2.75) is 0 Å². The van der Waals surface area contributed by atoms with Gasteiger partial charge >= 0.3 is 5.97 Å². The molecule has 0 saturated heterocycles. The Kier molecular flexibility index (Phi) is 4.19. The van der Waals surface area contributed by atoms with Crippen LogP contribution in [0.15, 0.2) is 21.6 Å². The number of esters is 1. The molecule has 15 heavy (non-hydrogen) atoms. The second-order valence-electron chi connectivity index (χ2n) is 2.38. The van der Waals surface area contributed by atoms with E-state index in [2.05, 4.69) is 30.6 Å². The van der Waals surface area contributed by atoms with E-state index in [9.17, 15) is 4.79 Å². The van der Waals surface area contributed by atoms with Crippen LogP contribution in [-0.2, 0) is 4.74 Å². The summed E-state index contributed by atoms with van der Waals surface area (Å²) in [7, 11) is 1.27. The molecule has 7 heteroatoms. The van der Waals surface area contributed by atoms with Crippen LogP contribution >= 0.6 is 15.9 Å². The van der Waals surface area contributed by atoms with Crippen LogP contribution in [-0.4, -0.2) is 29.6 Å². The van der Waals surface area contributed by atoms with Crippen molar-refractivity contribution in [1.82, 2.24) is 10.5 Å². The minimum Gasteiger partial charge on any atom is -0.464 e. The van der Waals surface area contributed by atoms with Crippen LogP contribution in [0.3, 0.4) is 0 Å². The average molecular weight is 274 g/mol. The number of halogens is 1. The van der Waals surface area contributed by atoms with Gasteiger partial charge in [-0.25, -0.2) is 14.8 Å². The Bertz CT molecular complexity index is 395. The van der Waals surface area contributed by atoms with Crippen LogP contribution in [0.5, 0.6) is 0 Å². The highest BCUT2D eigenvalue weighted by Gasteiger charge is 2.09. The van der Waals surface area contributed by atoms with Gasteiger partial charge in [0, 0.05) is 0 Å². The summed E-state index contributed by atoms with van der Waals surface area (Å²) in [5.74, 6) is -0.282. The Morgan fingerprint density at radius 2 is 2.47 bits per heavy atom. The van der Waals surface area contributed by atoms with Gasteiger partial charge in [-0.15, -0.1) is 0 Å². The molecule has 6 nitrogen and oxygen atoms in total. The van der Waals surface area contributed by atoms with Crippen LogP contribution in [0.2, 0.25) is 0 Å². The third-order valence-electron chi connectivity index (χ3n) is 1.47. The number of hydrogen-bond acceptors (Lipinski definition) is 5. The van der Waals surface area contributed by atoms with E-state index in [0.717, 1.165) is 6.34 Å². The minimum absolute atomic E-state index is 0.144. The smallest absolute Gasteiger partial charge is 0.356 e. The molecule has 2 N–H and O–H groups in total. The quantitative estimate of drug-likeness (QED) is 0.375. The van der Waals surface area contributed by atoms with Crippen molar-refractivity contribution in [1.29, 1.82) is 0 Å². The van der Waals surface area contributed by atoms with Crippen molar-refractivity contribution in [3.05, 3.63) is 22.3 Å². The second-order valence-corrected chi connectivity index (χ2v) is 3.24. The van der Waals surface area contributed by atoms with Crippen LogP contribution in [0.4, 0.5) is 5.82 Å². The lowest BCUT2D eigenvalue weighted by Crippen LogP contribution is -2.05. The Labute approximate surface area is 94.1 Å². The molecule has 0 bridgehead atoms. The number of hydrogen-bond donors (Lipinski definition) is 2. The van der Waals surface area contributed by atoms with E-state index < -0.39 is 5.97 Å². The zero-order valence-corrected chi connectivity index (χ0v) is 9.35. The topological polar surface area (TPSA) is 83.8 Å². The number of rotatable bonds is 3. The third-order valence-corrected chi connectivity index (χ3v) is 2.09. The van der Waals surface area contributed by atoms with Crippen molar-refractivity contribution >= 4 is 34.1 Å². The fourth-order valence-electron chi connectivity index (χ4n) is 0.830. The van der Waals surface area contributed by atoms with E-state index in [1.165, 1.54) is 13.2 Å². The predicted octanol–water partition coefficient (Wildman–Crippen LogP) is 1.27. The molecular formula is C8H8BrN3O3. The number of carbonyl (C=O) groups is 1. The van der Waals surface area contributed by atoms with Crippen molar-refractivity contribution in [3.8, 4) is 0 Å². The lowest BCUT2D eigenvalue weighted by molar-refractivity contribution is 0.0594. The molecule has 0 aliphatic rings. The van der Waals surface area contributed by atoms with Gasteiger partial charge in [-0.1, -0.05) is 0 Å². The standard InChI is InChI=1S/C8H8BrN3O3/c1-15-8(13)6-3-2-5(9)7(12-6)10-4-11-14/h2-4,14H,1H3,(H,10,11,12). The third kappa shape index (κ3) is 3.00. The summed E-state index contributed by atoms with van der Waals surface area (Å²) in [4.78, 5) is 18.8. The summed E-state index contributed by atoms with van der Waals surface area (Å²) in [5.41, 5.74) is 1.88. The van der Waals surface area contributed by atoms with E-state index in [1.807, 2.05) is 0 Å². The highest BCUT2D eigenvalue weighted by atomic mass is 79.9. The minimum atomic E-state index is -0.545. The fraction of sp³-hybridized carbons (Fsp3) is 0.125. The van der Waals surface area contributed by atoms with E-state index in [-0.39, 0.29) is 11.5 Å². The molecule has 1 aromatic heterocycles. The summed E-state index contributed by atoms with van der Waals surface area (Å²) in [5, 5.41) is 8.31. The molecular weight excluding hydrogens is 266 g/mol. The van der Waals surface area contributed by atoms with Gasteiger partial charge in [0.25, 0.3) is 0 Å². The maximum Gasteiger partial charge on any atom is 0.356 e. The number of pyridine rings is 1. The van der Waals surface area contributed by atoms with Gasteiger partial charge in [0.2, 0.25) is 0 Å². The summed E-state index contributed by atoms with van der Waals surface area (Å²) < 4.78 is 5.10. The number of aromatic nitrogens is 1. The van der Waals surface area contributed by atoms with Crippen molar-refractivity contribution in [2.24, 2.45) is 4.99 Å². The summed E-state index contributed by atoms with van der Waals surface area (Å²) in [6.07, 6.45) is 1.04. The molecule has 0 atom stereocenters. The van der Waals surface area contributed by atoms with Crippen molar-refractivity contribution < 1.29 is 14.7 Å². The fourth-order valence-corrected chi connectivity index (χ4v) is 1.15. The Hall–Kier alpha value is -1.47. The normalized spacial score (nSPS) is 10.3. The average Bonchev–Trinajstić information content (AvgIpc) is 2.27. The Balaban J connectivity index is 3.05. The summed E-state index contributed by atoms with van der Waals surface area (Å²) in [6, 6.07) is 3.12. The van der Waals surface area contributed by atoms with Crippen LogP contribution in [0, 0.1) is 0 Å². The number of nitrogens with zero attached hydrogens (tertiary/aromatic N) is 2. The first kappa shape index (κ1) is 11.6. The predicted molar refractivity (Wildman–Crippen MR) is 56.4 cm³/mol. The molecule has 0 amide bonds. The highest BCUT2D eigenvalue weighted by molar-refractivity contribution is 9.10. The molecule has 0 aliphatic carbocycles. The van der Waals surface area contributed by atoms with E-state index in [0.29, 0.717) is 4.47 Å². The lowest BCUT2D eigenvalue weighted by Gasteiger charge is -2.01. The van der Waals surface area contributed by atoms with Gasteiger partial charge < -0.3 is 4.74 Å². The number of nitrogens with one attached hydrogen (secondary N) is 1. The molecule has 1 aromatic rings. The Morgan fingerprint density at radius 1 is 1.73 bits per heavy atom. The molecule has 0 fully saturated rings. The molecule has 0 aliphatic heterocycles. The number of aliphatic imine (C=N–C) groups is 1. The summed E-state index contributed by atoms with van der Waals surface area (Å²) >= 11 is 3.19. The van der Waals surface area contributed by atoms with Crippen LogP contribution < -0.4 is 5.48 Å². The second kappa shape index (κ2) is 5.42. The largest absolute Gasteiger partial charge is 0.464 e. The van der Waals surface area contributed by atoms with E-state index in [4.69, 9.17) is 5.21 Å². The summed E-state index contributed by atoms with van der Waals surface area (Å²) in [6.45, 7) is 0. The molecule has 0 spiro atoms. The molecule has 1 heterocycles. The maximum absolute atomic E-state index is 11.1. The first-order valence-electron chi connectivity index (χ1n) is 3.86. The van der Waals surface area contributed by atoms with Gasteiger partial charge in [0.1, 0.15) is 6.34 Å². The molecule has 1 rings (SSSR count). The van der Waals surface area contributed by atoms with Crippen molar-refractivity contribution in [3.63, 3.8) is 0 Å². The van der Waals surface area contributed by atoms with E-state index in [1.54, 1.807) is 11.5 Å². The van der Waals surface area contributed by atoms with Gasteiger partial charge in [-0.2, -0.15) is 0 Å². The molecule has 80 valence electrons. The van der Waals surface area contributed by atoms with Gasteiger partial charge in [0.05, 0.1) is 11.6 Å². The number of methoxy groups -OCH3 is 1.